The minimum Gasteiger partial charge on any atom is -0.744 e. The second-order valence-corrected chi connectivity index (χ2v) is 6.57. The SMILES string of the molecule is O=S(=O)([O-])c1ccc2c(c1)Cc1ccccc1S2.[Na+]. The van der Waals surface area contributed by atoms with Crippen LogP contribution < -0.4 is 29.6 Å². The number of rotatable bonds is 1. The van der Waals surface area contributed by atoms with E-state index in [1.165, 1.54) is 17.0 Å². The summed E-state index contributed by atoms with van der Waals surface area (Å²) in [6.45, 7) is 0. The van der Waals surface area contributed by atoms with Crippen molar-refractivity contribution in [3.05, 3.63) is 53.6 Å². The smallest absolute Gasteiger partial charge is 0.744 e. The predicted octanol–water partition coefficient (Wildman–Crippen LogP) is -0.350. The predicted molar refractivity (Wildman–Crippen MR) is 67.8 cm³/mol. The molecule has 6 heteroatoms. The van der Waals surface area contributed by atoms with Crippen molar-refractivity contribution >= 4 is 21.9 Å². The molecular weight excluding hydrogens is 291 g/mol. The third-order valence-electron chi connectivity index (χ3n) is 2.89. The molecule has 0 saturated heterocycles. The fraction of sp³-hybridized carbons (Fsp3) is 0.0769. The minimum absolute atomic E-state index is 0. The van der Waals surface area contributed by atoms with Crippen LogP contribution in [0.1, 0.15) is 11.1 Å². The first kappa shape index (κ1) is 15.1. The molecule has 0 aromatic heterocycles. The maximum atomic E-state index is 11.0. The number of fused-ring (bicyclic) bond motifs is 2. The largest absolute Gasteiger partial charge is 1.00 e. The van der Waals surface area contributed by atoms with Crippen molar-refractivity contribution < 1.29 is 42.5 Å². The van der Waals surface area contributed by atoms with Gasteiger partial charge in [0.15, 0.2) is 0 Å². The van der Waals surface area contributed by atoms with Gasteiger partial charge >= 0.3 is 29.6 Å². The number of benzene rings is 2. The van der Waals surface area contributed by atoms with Crippen LogP contribution in [0.2, 0.25) is 0 Å². The number of hydrogen-bond acceptors (Lipinski definition) is 4. The fourth-order valence-electron chi connectivity index (χ4n) is 2.02. The van der Waals surface area contributed by atoms with Crippen LogP contribution in [0.3, 0.4) is 0 Å². The Morgan fingerprint density at radius 3 is 2.42 bits per heavy atom. The average Bonchev–Trinajstić information content (AvgIpc) is 2.34. The van der Waals surface area contributed by atoms with Gasteiger partial charge in [-0.2, -0.15) is 0 Å². The summed E-state index contributed by atoms with van der Waals surface area (Å²) in [7, 11) is -4.37. The van der Waals surface area contributed by atoms with Crippen molar-refractivity contribution in [1.29, 1.82) is 0 Å². The van der Waals surface area contributed by atoms with Crippen LogP contribution in [-0.4, -0.2) is 13.0 Å². The Kier molecular flexibility index (Phi) is 4.45. The van der Waals surface area contributed by atoms with E-state index in [0.29, 0.717) is 6.42 Å². The Balaban J connectivity index is 0.00000133. The van der Waals surface area contributed by atoms with Gasteiger partial charge < -0.3 is 4.55 Å². The van der Waals surface area contributed by atoms with Gasteiger partial charge in [0.25, 0.3) is 0 Å². The van der Waals surface area contributed by atoms with Crippen LogP contribution >= 0.6 is 11.8 Å². The van der Waals surface area contributed by atoms with Gasteiger partial charge in [0.1, 0.15) is 10.1 Å². The third kappa shape index (κ3) is 3.07. The molecule has 1 heterocycles. The van der Waals surface area contributed by atoms with E-state index in [-0.39, 0.29) is 34.5 Å². The standard InChI is InChI=1S/C13H10O3S2.Na/c14-18(15,16)11-5-6-13-10(8-11)7-9-3-1-2-4-12(9)17-13;/h1-6,8H,7H2,(H,14,15,16);/q;+1/p-1. The normalized spacial score (nSPS) is 13.1. The summed E-state index contributed by atoms with van der Waals surface area (Å²) >= 11 is 1.60. The Morgan fingerprint density at radius 1 is 1.00 bits per heavy atom. The average molecular weight is 300 g/mol. The second kappa shape index (κ2) is 5.60. The molecule has 3 rings (SSSR count). The van der Waals surface area contributed by atoms with Crippen molar-refractivity contribution in [3.8, 4) is 0 Å². The van der Waals surface area contributed by atoms with E-state index in [4.69, 9.17) is 0 Å². The zero-order valence-corrected chi connectivity index (χ0v) is 13.9. The zero-order valence-electron chi connectivity index (χ0n) is 10.3. The van der Waals surface area contributed by atoms with E-state index in [2.05, 4.69) is 0 Å². The number of hydrogen-bond donors (Lipinski definition) is 0. The maximum absolute atomic E-state index is 11.0. The molecular formula is C13H9NaO3S2. The molecule has 3 nitrogen and oxygen atoms in total. The minimum atomic E-state index is -4.37. The van der Waals surface area contributed by atoms with E-state index in [9.17, 15) is 13.0 Å². The zero-order chi connectivity index (χ0) is 12.8. The van der Waals surface area contributed by atoms with Crippen molar-refractivity contribution in [2.75, 3.05) is 0 Å². The summed E-state index contributed by atoms with van der Waals surface area (Å²) < 4.78 is 33.0. The van der Waals surface area contributed by atoms with Crippen LogP contribution in [0, 0.1) is 0 Å². The maximum Gasteiger partial charge on any atom is 1.00 e. The molecule has 1 aliphatic rings. The summed E-state index contributed by atoms with van der Waals surface area (Å²) in [5.74, 6) is 0. The molecule has 2 aromatic rings. The molecule has 0 aliphatic carbocycles. The Morgan fingerprint density at radius 2 is 1.68 bits per heavy atom. The van der Waals surface area contributed by atoms with Gasteiger partial charge in [0.2, 0.25) is 0 Å². The topological polar surface area (TPSA) is 57.2 Å². The van der Waals surface area contributed by atoms with E-state index in [1.807, 2.05) is 24.3 Å². The summed E-state index contributed by atoms with van der Waals surface area (Å²) in [6, 6.07) is 12.6. The van der Waals surface area contributed by atoms with E-state index in [0.717, 1.165) is 16.0 Å². The van der Waals surface area contributed by atoms with Gasteiger partial charge in [0.05, 0.1) is 4.90 Å². The van der Waals surface area contributed by atoms with Crippen molar-refractivity contribution in [3.63, 3.8) is 0 Å². The molecule has 0 fully saturated rings. The van der Waals surface area contributed by atoms with E-state index in [1.54, 1.807) is 17.8 Å². The Bertz CT molecular complexity index is 726. The molecule has 0 bridgehead atoms. The quantitative estimate of drug-likeness (QED) is 0.455. The molecule has 1 aliphatic heterocycles. The molecule has 2 aromatic carbocycles. The van der Waals surface area contributed by atoms with Gasteiger partial charge in [-0.15, -0.1) is 0 Å². The monoisotopic (exact) mass is 300 g/mol. The molecule has 0 radical (unpaired) electrons. The van der Waals surface area contributed by atoms with Crippen LogP contribution in [0.15, 0.2) is 57.2 Å². The fourth-order valence-corrected chi connectivity index (χ4v) is 3.60. The van der Waals surface area contributed by atoms with E-state index >= 15 is 0 Å². The molecule has 0 atom stereocenters. The molecule has 0 amide bonds. The van der Waals surface area contributed by atoms with Gasteiger partial charge in [-0.3, -0.25) is 0 Å². The molecule has 0 saturated carbocycles. The van der Waals surface area contributed by atoms with Gasteiger partial charge in [0, 0.05) is 9.79 Å². The van der Waals surface area contributed by atoms with Crippen LogP contribution in [-0.2, 0) is 16.5 Å². The van der Waals surface area contributed by atoms with Crippen LogP contribution in [0.25, 0.3) is 0 Å². The molecule has 0 N–H and O–H groups in total. The molecule has 19 heavy (non-hydrogen) atoms. The van der Waals surface area contributed by atoms with E-state index < -0.39 is 10.1 Å². The van der Waals surface area contributed by atoms with Gasteiger partial charge in [-0.05, 0) is 41.8 Å². The first-order valence-electron chi connectivity index (χ1n) is 5.38. The van der Waals surface area contributed by atoms with Crippen molar-refractivity contribution in [2.45, 2.75) is 21.1 Å². The molecule has 0 spiro atoms. The summed E-state index contributed by atoms with van der Waals surface area (Å²) in [5, 5.41) is 0. The van der Waals surface area contributed by atoms with Crippen molar-refractivity contribution in [1.82, 2.24) is 0 Å². The Labute approximate surface area is 138 Å². The summed E-state index contributed by atoms with van der Waals surface area (Å²) in [5.41, 5.74) is 2.06. The Hall–Kier alpha value is -0.300. The second-order valence-electron chi connectivity index (χ2n) is 4.11. The van der Waals surface area contributed by atoms with Crippen LogP contribution in [0.5, 0.6) is 0 Å². The van der Waals surface area contributed by atoms with Gasteiger partial charge in [-0.1, -0.05) is 30.0 Å². The molecule has 0 unspecified atom stereocenters. The third-order valence-corrected chi connectivity index (χ3v) is 4.96. The van der Waals surface area contributed by atoms with Crippen LogP contribution in [0.4, 0.5) is 0 Å². The van der Waals surface area contributed by atoms with Gasteiger partial charge in [-0.25, -0.2) is 8.42 Å². The summed E-state index contributed by atoms with van der Waals surface area (Å²) in [6.07, 6.45) is 0.669. The van der Waals surface area contributed by atoms with Crippen molar-refractivity contribution in [2.24, 2.45) is 0 Å². The summed E-state index contributed by atoms with van der Waals surface area (Å²) in [4.78, 5) is 2.05. The first-order chi connectivity index (χ1) is 8.54. The molecule has 92 valence electrons. The first-order valence-corrected chi connectivity index (χ1v) is 7.61.